The van der Waals surface area contributed by atoms with E-state index >= 15 is 0 Å². The average Bonchev–Trinajstić information content (AvgIpc) is 2.76. The summed E-state index contributed by atoms with van der Waals surface area (Å²) in [5.41, 5.74) is 0. The van der Waals surface area contributed by atoms with Gasteiger partial charge in [0.15, 0.2) is 0 Å². The molecule has 1 unspecified atom stereocenters. The van der Waals surface area contributed by atoms with Gasteiger partial charge in [-0.25, -0.2) is 0 Å². The molecule has 1 aromatic heterocycles. The van der Waals surface area contributed by atoms with Crippen molar-refractivity contribution in [3.63, 3.8) is 0 Å². The minimum absolute atomic E-state index is 0.721. The highest BCUT2D eigenvalue weighted by molar-refractivity contribution is 7.16. The number of thiophene rings is 1. The Balaban J connectivity index is 1.60. The van der Waals surface area contributed by atoms with Crippen molar-refractivity contribution in [3.05, 3.63) is 21.3 Å². The smallest absolute Gasteiger partial charge is 0.0931 e. The molecular weight excluding hydrogens is 264 g/mol. The van der Waals surface area contributed by atoms with Gasteiger partial charge >= 0.3 is 0 Å². The topological polar surface area (TPSA) is 15.3 Å². The summed E-state index contributed by atoms with van der Waals surface area (Å²) >= 11 is 7.58. The Morgan fingerprint density at radius 2 is 2.11 bits per heavy atom. The molecule has 4 heteroatoms. The fourth-order valence-electron chi connectivity index (χ4n) is 2.54. The van der Waals surface area contributed by atoms with Crippen LogP contribution in [0.1, 0.15) is 31.1 Å². The third-order valence-electron chi connectivity index (χ3n) is 3.44. The second-order valence-corrected chi connectivity index (χ2v) is 7.10. The molecule has 0 amide bonds. The van der Waals surface area contributed by atoms with E-state index in [0.717, 1.165) is 23.3 Å². The van der Waals surface area contributed by atoms with Gasteiger partial charge in [0.25, 0.3) is 0 Å². The SMILES string of the molecule is CC(CNCc1ccc(Cl)s1)CN1CCCCC1. The van der Waals surface area contributed by atoms with Gasteiger partial charge in [-0.2, -0.15) is 0 Å². The van der Waals surface area contributed by atoms with Crippen molar-refractivity contribution in [1.29, 1.82) is 0 Å². The third-order valence-corrected chi connectivity index (χ3v) is 4.67. The van der Waals surface area contributed by atoms with E-state index in [1.54, 1.807) is 11.3 Å². The molecule has 2 nitrogen and oxygen atoms in total. The first-order valence-electron chi connectivity index (χ1n) is 6.91. The lowest BCUT2D eigenvalue weighted by Crippen LogP contribution is -2.36. The predicted octanol–water partition coefficient (Wildman–Crippen LogP) is 3.61. The molecule has 2 rings (SSSR count). The molecule has 1 fully saturated rings. The molecule has 18 heavy (non-hydrogen) atoms. The van der Waals surface area contributed by atoms with E-state index in [4.69, 9.17) is 11.6 Å². The standard InChI is InChI=1S/C14H23ClN2S/c1-12(11-17-7-3-2-4-8-17)9-16-10-13-5-6-14(15)18-13/h5-6,12,16H,2-4,7-11H2,1H3. The van der Waals surface area contributed by atoms with Crippen molar-refractivity contribution in [2.75, 3.05) is 26.2 Å². The number of likely N-dealkylation sites (tertiary alicyclic amines) is 1. The number of nitrogens with zero attached hydrogens (tertiary/aromatic N) is 1. The second kappa shape index (κ2) is 7.49. The lowest BCUT2D eigenvalue weighted by atomic mass is 10.1. The maximum atomic E-state index is 5.91. The van der Waals surface area contributed by atoms with Crippen molar-refractivity contribution in [2.45, 2.75) is 32.7 Å². The van der Waals surface area contributed by atoms with E-state index < -0.39 is 0 Å². The molecule has 1 aliphatic heterocycles. The van der Waals surface area contributed by atoms with Crippen molar-refractivity contribution in [1.82, 2.24) is 10.2 Å². The molecule has 0 aromatic carbocycles. The Kier molecular flexibility index (Phi) is 5.96. The summed E-state index contributed by atoms with van der Waals surface area (Å²) in [5.74, 6) is 0.721. The Morgan fingerprint density at radius 3 is 2.78 bits per heavy atom. The van der Waals surface area contributed by atoms with Crippen LogP contribution in [0.4, 0.5) is 0 Å². The fraction of sp³-hybridized carbons (Fsp3) is 0.714. The zero-order valence-electron chi connectivity index (χ0n) is 11.1. The molecule has 0 radical (unpaired) electrons. The van der Waals surface area contributed by atoms with Gasteiger partial charge in [0.2, 0.25) is 0 Å². The number of hydrogen-bond donors (Lipinski definition) is 1. The Hall–Kier alpha value is -0.0900. The van der Waals surface area contributed by atoms with Crippen LogP contribution in [0.3, 0.4) is 0 Å². The number of nitrogens with one attached hydrogen (secondary N) is 1. The van der Waals surface area contributed by atoms with Gasteiger partial charge in [0, 0.05) is 18.0 Å². The second-order valence-electron chi connectivity index (χ2n) is 5.30. The van der Waals surface area contributed by atoms with Gasteiger partial charge in [-0.1, -0.05) is 24.9 Å². The third kappa shape index (κ3) is 4.88. The zero-order chi connectivity index (χ0) is 12.8. The number of rotatable bonds is 6. The summed E-state index contributed by atoms with van der Waals surface area (Å²) in [4.78, 5) is 3.93. The minimum Gasteiger partial charge on any atom is -0.312 e. The van der Waals surface area contributed by atoms with Crippen molar-refractivity contribution in [2.24, 2.45) is 5.92 Å². The molecule has 1 saturated heterocycles. The first kappa shape index (κ1) is 14.3. The summed E-state index contributed by atoms with van der Waals surface area (Å²) in [6.07, 6.45) is 4.18. The van der Waals surface area contributed by atoms with Gasteiger partial charge in [-0.15, -0.1) is 11.3 Å². The van der Waals surface area contributed by atoms with Crippen LogP contribution in [-0.2, 0) is 6.54 Å². The monoisotopic (exact) mass is 286 g/mol. The molecular formula is C14H23ClN2S. The van der Waals surface area contributed by atoms with Gasteiger partial charge < -0.3 is 10.2 Å². The van der Waals surface area contributed by atoms with E-state index in [1.165, 1.54) is 43.8 Å². The fourth-order valence-corrected chi connectivity index (χ4v) is 3.59. The maximum absolute atomic E-state index is 5.91. The lowest BCUT2D eigenvalue weighted by Gasteiger charge is -2.29. The largest absolute Gasteiger partial charge is 0.312 e. The zero-order valence-corrected chi connectivity index (χ0v) is 12.7. The van der Waals surface area contributed by atoms with Gasteiger partial charge in [0.05, 0.1) is 4.34 Å². The van der Waals surface area contributed by atoms with Crippen molar-refractivity contribution in [3.8, 4) is 0 Å². The highest BCUT2D eigenvalue weighted by Crippen LogP contribution is 2.21. The molecule has 0 bridgehead atoms. The lowest BCUT2D eigenvalue weighted by molar-refractivity contribution is 0.199. The van der Waals surface area contributed by atoms with Crippen LogP contribution < -0.4 is 5.32 Å². The summed E-state index contributed by atoms with van der Waals surface area (Å²) in [7, 11) is 0. The predicted molar refractivity (Wildman–Crippen MR) is 80.5 cm³/mol. The highest BCUT2D eigenvalue weighted by atomic mass is 35.5. The van der Waals surface area contributed by atoms with Gasteiger partial charge in [-0.05, 0) is 50.5 Å². The number of halogens is 1. The number of hydrogen-bond acceptors (Lipinski definition) is 3. The molecule has 1 N–H and O–H groups in total. The summed E-state index contributed by atoms with van der Waals surface area (Å²) in [5, 5.41) is 3.53. The summed E-state index contributed by atoms with van der Waals surface area (Å²) in [6.45, 7) is 8.20. The normalized spacial score (nSPS) is 19.0. The molecule has 1 atom stereocenters. The van der Waals surface area contributed by atoms with E-state index in [0.29, 0.717) is 0 Å². The Labute approximate surface area is 119 Å². The summed E-state index contributed by atoms with van der Waals surface area (Å²) in [6, 6.07) is 4.08. The molecule has 0 aliphatic carbocycles. The Morgan fingerprint density at radius 1 is 1.33 bits per heavy atom. The van der Waals surface area contributed by atoms with Crippen molar-refractivity contribution >= 4 is 22.9 Å². The first-order chi connectivity index (χ1) is 8.74. The highest BCUT2D eigenvalue weighted by Gasteiger charge is 2.13. The van der Waals surface area contributed by atoms with Crippen LogP contribution in [-0.4, -0.2) is 31.1 Å². The van der Waals surface area contributed by atoms with Crippen LogP contribution >= 0.6 is 22.9 Å². The first-order valence-corrected chi connectivity index (χ1v) is 8.11. The van der Waals surface area contributed by atoms with Crippen LogP contribution in [0, 0.1) is 5.92 Å². The van der Waals surface area contributed by atoms with Crippen molar-refractivity contribution < 1.29 is 0 Å². The molecule has 0 spiro atoms. The molecule has 1 aliphatic rings. The number of piperidine rings is 1. The van der Waals surface area contributed by atoms with E-state index in [1.807, 2.05) is 6.07 Å². The van der Waals surface area contributed by atoms with Crippen LogP contribution in [0.15, 0.2) is 12.1 Å². The minimum atomic E-state index is 0.721. The van der Waals surface area contributed by atoms with E-state index in [9.17, 15) is 0 Å². The summed E-state index contributed by atoms with van der Waals surface area (Å²) < 4.78 is 0.883. The molecule has 102 valence electrons. The quantitative estimate of drug-likeness (QED) is 0.859. The van der Waals surface area contributed by atoms with Crippen LogP contribution in [0.5, 0.6) is 0 Å². The van der Waals surface area contributed by atoms with E-state index in [-0.39, 0.29) is 0 Å². The van der Waals surface area contributed by atoms with Crippen LogP contribution in [0.2, 0.25) is 4.34 Å². The van der Waals surface area contributed by atoms with Gasteiger partial charge in [0.1, 0.15) is 0 Å². The molecule has 2 heterocycles. The van der Waals surface area contributed by atoms with Gasteiger partial charge in [-0.3, -0.25) is 0 Å². The Bertz CT molecular complexity index is 347. The van der Waals surface area contributed by atoms with E-state index in [2.05, 4.69) is 23.2 Å². The maximum Gasteiger partial charge on any atom is 0.0931 e. The molecule has 0 saturated carbocycles. The molecule has 1 aromatic rings. The average molecular weight is 287 g/mol. The van der Waals surface area contributed by atoms with Crippen LogP contribution in [0.25, 0.3) is 0 Å².